The first-order chi connectivity index (χ1) is 10.6. The summed E-state index contributed by atoms with van der Waals surface area (Å²) < 4.78 is 12.6. The smallest absolute Gasteiger partial charge is 0.119 e. The number of methoxy groups -OCH3 is 1. The zero-order valence-electron chi connectivity index (χ0n) is 12.1. The van der Waals surface area contributed by atoms with Crippen LogP contribution in [0.1, 0.15) is 5.56 Å². The van der Waals surface area contributed by atoms with Crippen molar-refractivity contribution in [2.45, 2.75) is 12.5 Å². The fraction of sp³-hybridized carbons (Fsp3) is 0.235. The fourth-order valence-corrected chi connectivity index (χ4v) is 2.53. The van der Waals surface area contributed by atoms with Gasteiger partial charge in [-0.1, -0.05) is 6.07 Å². The van der Waals surface area contributed by atoms with Gasteiger partial charge < -0.3 is 14.6 Å². The van der Waals surface area contributed by atoms with E-state index in [-0.39, 0.29) is 6.61 Å². The number of halogens is 2. The van der Waals surface area contributed by atoms with Crippen molar-refractivity contribution >= 4 is 31.9 Å². The molecule has 117 valence electrons. The minimum atomic E-state index is -0.621. The van der Waals surface area contributed by atoms with Gasteiger partial charge >= 0.3 is 0 Å². The van der Waals surface area contributed by atoms with Crippen molar-refractivity contribution in [3.63, 3.8) is 0 Å². The van der Waals surface area contributed by atoms with Gasteiger partial charge in [-0.25, -0.2) is 0 Å². The summed E-state index contributed by atoms with van der Waals surface area (Å²) in [5, 5.41) is 9.97. The highest BCUT2D eigenvalue weighted by atomic mass is 79.9. The van der Waals surface area contributed by atoms with Crippen LogP contribution in [0, 0.1) is 6.42 Å². The largest absolute Gasteiger partial charge is 0.497 e. The molecule has 2 aromatic rings. The van der Waals surface area contributed by atoms with Crippen LogP contribution in [0.3, 0.4) is 0 Å². The molecule has 1 radical (unpaired) electrons. The van der Waals surface area contributed by atoms with Gasteiger partial charge in [0.05, 0.1) is 13.2 Å². The predicted octanol–water partition coefficient (Wildman–Crippen LogP) is 4.41. The average Bonchev–Trinajstić information content (AvgIpc) is 2.54. The number of aliphatic hydroxyl groups is 1. The van der Waals surface area contributed by atoms with Crippen molar-refractivity contribution in [2.75, 3.05) is 13.7 Å². The molecule has 0 spiro atoms. The monoisotopic (exact) mass is 427 g/mol. The molecule has 5 heteroatoms. The minimum absolute atomic E-state index is 0.226. The minimum Gasteiger partial charge on any atom is -0.497 e. The maximum absolute atomic E-state index is 9.97. The Hall–Kier alpha value is -1.04. The number of aliphatic hydroxyl groups excluding tert-OH is 1. The van der Waals surface area contributed by atoms with Gasteiger partial charge in [-0.2, -0.15) is 0 Å². The first kappa shape index (κ1) is 17.3. The third kappa shape index (κ3) is 5.30. The van der Waals surface area contributed by atoms with Crippen molar-refractivity contribution < 1.29 is 14.6 Å². The Morgan fingerprint density at radius 2 is 1.73 bits per heavy atom. The maximum Gasteiger partial charge on any atom is 0.119 e. The molecule has 22 heavy (non-hydrogen) atoms. The molecular weight excluding hydrogens is 412 g/mol. The molecule has 0 aliphatic heterocycles. The second-order valence-corrected chi connectivity index (χ2v) is 6.45. The topological polar surface area (TPSA) is 38.7 Å². The van der Waals surface area contributed by atoms with Crippen LogP contribution in [0.2, 0.25) is 0 Å². The van der Waals surface area contributed by atoms with Crippen LogP contribution >= 0.6 is 31.9 Å². The Morgan fingerprint density at radius 1 is 1.05 bits per heavy atom. The molecule has 2 rings (SSSR count). The number of hydrogen-bond donors (Lipinski definition) is 1. The van der Waals surface area contributed by atoms with Gasteiger partial charge in [0.1, 0.15) is 18.1 Å². The van der Waals surface area contributed by atoms with Gasteiger partial charge in [0.2, 0.25) is 0 Å². The number of rotatable bonds is 7. The summed E-state index contributed by atoms with van der Waals surface area (Å²) in [5.74, 6) is 1.49. The lowest BCUT2D eigenvalue weighted by molar-refractivity contribution is 0.130. The summed E-state index contributed by atoms with van der Waals surface area (Å²) in [6, 6.07) is 13.3. The van der Waals surface area contributed by atoms with Gasteiger partial charge in [0.15, 0.2) is 0 Å². The quantitative estimate of drug-likeness (QED) is 0.709. The lowest BCUT2D eigenvalue weighted by atomic mass is 10.1. The lowest BCUT2D eigenvalue weighted by Crippen LogP contribution is -2.19. The molecular formula is C17H17Br2O3. The van der Waals surface area contributed by atoms with Crippen LogP contribution in [0.5, 0.6) is 11.5 Å². The van der Waals surface area contributed by atoms with E-state index < -0.39 is 6.10 Å². The molecule has 0 saturated heterocycles. The average molecular weight is 429 g/mol. The maximum atomic E-state index is 9.97. The van der Waals surface area contributed by atoms with E-state index in [2.05, 4.69) is 31.9 Å². The first-order valence-corrected chi connectivity index (χ1v) is 8.39. The van der Waals surface area contributed by atoms with Crippen LogP contribution in [0.15, 0.2) is 51.4 Å². The van der Waals surface area contributed by atoms with E-state index in [9.17, 15) is 5.11 Å². The van der Waals surface area contributed by atoms with E-state index in [1.165, 1.54) is 0 Å². The van der Waals surface area contributed by atoms with Gasteiger partial charge in [-0.3, -0.25) is 0 Å². The van der Waals surface area contributed by atoms with Crippen LogP contribution in [0.25, 0.3) is 0 Å². The molecule has 2 aromatic carbocycles. The summed E-state index contributed by atoms with van der Waals surface area (Å²) in [5.41, 5.74) is 1.12. The number of hydrogen-bond acceptors (Lipinski definition) is 3. The molecule has 0 aliphatic carbocycles. The van der Waals surface area contributed by atoms with Crippen LogP contribution in [-0.4, -0.2) is 24.9 Å². The molecule has 0 saturated carbocycles. The van der Waals surface area contributed by atoms with Gasteiger partial charge in [0.25, 0.3) is 0 Å². The Morgan fingerprint density at radius 3 is 2.36 bits per heavy atom. The Bertz CT molecular complexity index is 599. The predicted molar refractivity (Wildman–Crippen MR) is 94.3 cm³/mol. The van der Waals surface area contributed by atoms with Crippen LogP contribution in [0.4, 0.5) is 0 Å². The Kier molecular flexibility index (Phi) is 6.73. The Balaban J connectivity index is 1.77. The molecule has 0 heterocycles. The summed E-state index contributed by atoms with van der Waals surface area (Å²) >= 11 is 6.90. The molecule has 1 N–H and O–H groups in total. The zero-order chi connectivity index (χ0) is 15.9. The van der Waals surface area contributed by atoms with Crippen molar-refractivity contribution in [1.29, 1.82) is 0 Å². The SMILES string of the molecule is COc1ccc(OCC(O)[CH]Cc2ccc(Br)c(Br)c2)cc1. The lowest BCUT2D eigenvalue weighted by Gasteiger charge is -2.12. The summed E-state index contributed by atoms with van der Waals surface area (Å²) in [7, 11) is 1.62. The zero-order valence-corrected chi connectivity index (χ0v) is 15.3. The second-order valence-electron chi connectivity index (χ2n) is 4.74. The Labute approximate surface area is 147 Å². The highest BCUT2D eigenvalue weighted by Crippen LogP contribution is 2.24. The standard InChI is InChI=1S/C17H17Br2O3/c1-21-14-5-7-15(8-6-14)22-11-13(20)4-2-12-3-9-16(18)17(19)10-12/h3-10,13,20H,2,11H2,1H3. The second kappa shape index (κ2) is 8.56. The fourth-order valence-electron chi connectivity index (χ4n) is 1.86. The van der Waals surface area contributed by atoms with Crippen molar-refractivity contribution in [3.05, 3.63) is 63.4 Å². The third-order valence-electron chi connectivity index (χ3n) is 3.09. The van der Waals surface area contributed by atoms with Crippen molar-refractivity contribution in [2.24, 2.45) is 0 Å². The molecule has 0 aromatic heterocycles. The molecule has 1 unspecified atom stereocenters. The molecule has 0 aliphatic rings. The van der Waals surface area contributed by atoms with Crippen LogP contribution < -0.4 is 9.47 Å². The number of benzene rings is 2. The first-order valence-electron chi connectivity index (χ1n) is 6.80. The highest BCUT2D eigenvalue weighted by Gasteiger charge is 2.07. The normalized spacial score (nSPS) is 12.0. The van der Waals surface area contributed by atoms with E-state index in [0.29, 0.717) is 12.2 Å². The van der Waals surface area contributed by atoms with Gasteiger partial charge in [-0.05, 0) is 86.7 Å². The highest BCUT2D eigenvalue weighted by molar-refractivity contribution is 9.13. The van der Waals surface area contributed by atoms with Gasteiger partial charge in [-0.15, -0.1) is 0 Å². The molecule has 0 amide bonds. The van der Waals surface area contributed by atoms with E-state index >= 15 is 0 Å². The van der Waals surface area contributed by atoms with Gasteiger partial charge in [0, 0.05) is 8.95 Å². The summed E-state index contributed by atoms with van der Waals surface area (Å²) in [6.45, 7) is 0.226. The molecule has 3 nitrogen and oxygen atoms in total. The summed E-state index contributed by atoms with van der Waals surface area (Å²) in [6.07, 6.45) is 1.89. The summed E-state index contributed by atoms with van der Waals surface area (Å²) in [4.78, 5) is 0. The van der Waals surface area contributed by atoms with E-state index in [1.54, 1.807) is 7.11 Å². The molecule has 1 atom stereocenters. The van der Waals surface area contributed by atoms with Crippen LogP contribution in [-0.2, 0) is 6.42 Å². The number of ether oxygens (including phenoxy) is 2. The van der Waals surface area contributed by atoms with Crippen molar-refractivity contribution in [1.82, 2.24) is 0 Å². The van der Waals surface area contributed by atoms with E-state index in [4.69, 9.17) is 9.47 Å². The van der Waals surface area contributed by atoms with E-state index in [1.807, 2.05) is 48.9 Å². The van der Waals surface area contributed by atoms with E-state index in [0.717, 1.165) is 20.3 Å². The molecule has 0 bridgehead atoms. The molecule has 0 fully saturated rings. The third-order valence-corrected chi connectivity index (χ3v) is 4.97. The van der Waals surface area contributed by atoms with Crippen molar-refractivity contribution in [3.8, 4) is 11.5 Å².